The molecule has 98 valence electrons. The van der Waals surface area contributed by atoms with Gasteiger partial charge in [-0.15, -0.1) is 0 Å². The largest absolute Gasteiger partial charge is 0.370 e. The first-order chi connectivity index (χ1) is 8.65. The highest BCUT2D eigenvalue weighted by Gasteiger charge is 2.22. The van der Waals surface area contributed by atoms with Crippen molar-refractivity contribution in [1.82, 2.24) is 9.88 Å². The summed E-state index contributed by atoms with van der Waals surface area (Å²) >= 11 is 0. The highest BCUT2D eigenvalue weighted by Crippen LogP contribution is 2.20. The van der Waals surface area contributed by atoms with E-state index in [0.717, 1.165) is 24.3 Å². The van der Waals surface area contributed by atoms with Crippen LogP contribution in [0.4, 0.5) is 0 Å². The van der Waals surface area contributed by atoms with E-state index in [1.54, 1.807) is 0 Å². The maximum Gasteiger partial charge on any atom is 0.218 e. The molecule has 2 heterocycles. The summed E-state index contributed by atoms with van der Waals surface area (Å²) in [6, 6.07) is 4.03. The predicted octanol–water partition coefficient (Wildman–Crippen LogP) is 0.639. The molecule has 0 aromatic carbocycles. The van der Waals surface area contributed by atoms with Crippen molar-refractivity contribution in [2.75, 3.05) is 26.2 Å². The van der Waals surface area contributed by atoms with Crippen molar-refractivity contribution in [2.45, 2.75) is 19.4 Å². The molecule has 1 atom stereocenters. The van der Waals surface area contributed by atoms with Crippen LogP contribution in [0.5, 0.6) is 0 Å². The lowest BCUT2D eigenvalue weighted by Gasteiger charge is -2.32. The highest BCUT2D eigenvalue weighted by atomic mass is 16.5. The summed E-state index contributed by atoms with van der Waals surface area (Å²) in [6.07, 6.45) is 2.24. The molecule has 18 heavy (non-hydrogen) atoms. The number of primary amides is 1. The number of amides is 1. The van der Waals surface area contributed by atoms with E-state index in [1.807, 2.05) is 25.3 Å². The maximum atomic E-state index is 10.8. The number of rotatable bonds is 4. The van der Waals surface area contributed by atoms with Crippen LogP contribution in [0.3, 0.4) is 0 Å². The van der Waals surface area contributed by atoms with Crippen LogP contribution < -0.4 is 5.73 Å². The van der Waals surface area contributed by atoms with Crippen molar-refractivity contribution in [3.8, 4) is 0 Å². The Kier molecular flexibility index (Phi) is 4.28. The standard InChI is InChI=1S/C13H19N3O2/c1-10-2-3-11(15-8-10)12-9-16(6-7-18-12)5-4-13(14)17/h2-3,8,12H,4-7,9H2,1H3,(H2,14,17)/t12-/m1/s1. The fraction of sp³-hybridized carbons (Fsp3) is 0.538. The summed E-state index contributed by atoms with van der Waals surface area (Å²) in [4.78, 5) is 17.4. The first kappa shape index (κ1) is 13.0. The molecule has 1 amide bonds. The van der Waals surface area contributed by atoms with Crippen LogP contribution in [0.2, 0.25) is 0 Å². The van der Waals surface area contributed by atoms with E-state index >= 15 is 0 Å². The number of nitrogens with two attached hydrogens (primary N) is 1. The van der Waals surface area contributed by atoms with Crippen molar-refractivity contribution in [3.63, 3.8) is 0 Å². The Labute approximate surface area is 107 Å². The molecule has 1 aliphatic rings. The van der Waals surface area contributed by atoms with Gasteiger partial charge in [0.25, 0.3) is 0 Å². The first-order valence-corrected chi connectivity index (χ1v) is 6.20. The van der Waals surface area contributed by atoms with Crippen molar-refractivity contribution in [3.05, 3.63) is 29.6 Å². The van der Waals surface area contributed by atoms with Crippen LogP contribution in [0.15, 0.2) is 18.3 Å². The summed E-state index contributed by atoms with van der Waals surface area (Å²) in [5.74, 6) is -0.258. The zero-order valence-corrected chi connectivity index (χ0v) is 10.6. The van der Waals surface area contributed by atoms with Crippen LogP contribution in [0.25, 0.3) is 0 Å². The number of carbonyl (C=O) groups excluding carboxylic acids is 1. The van der Waals surface area contributed by atoms with Gasteiger partial charge in [-0.25, -0.2) is 0 Å². The minimum absolute atomic E-state index is 0.00720. The molecule has 0 aliphatic carbocycles. The summed E-state index contributed by atoms with van der Waals surface area (Å²) < 4.78 is 5.72. The van der Waals surface area contributed by atoms with Gasteiger partial charge in [-0.05, 0) is 18.6 Å². The molecular formula is C13H19N3O2. The van der Waals surface area contributed by atoms with E-state index in [4.69, 9.17) is 10.5 Å². The van der Waals surface area contributed by atoms with Gasteiger partial charge < -0.3 is 10.5 Å². The summed E-state index contributed by atoms with van der Waals surface area (Å²) in [7, 11) is 0. The maximum absolute atomic E-state index is 10.8. The van der Waals surface area contributed by atoms with Gasteiger partial charge in [0.2, 0.25) is 5.91 Å². The van der Waals surface area contributed by atoms with Crippen LogP contribution in [-0.4, -0.2) is 42.0 Å². The van der Waals surface area contributed by atoms with Crippen molar-refractivity contribution < 1.29 is 9.53 Å². The molecule has 5 nitrogen and oxygen atoms in total. The Morgan fingerprint density at radius 2 is 2.44 bits per heavy atom. The lowest BCUT2D eigenvalue weighted by Crippen LogP contribution is -2.40. The molecule has 1 aliphatic heterocycles. The fourth-order valence-electron chi connectivity index (χ4n) is 2.02. The quantitative estimate of drug-likeness (QED) is 0.850. The molecule has 2 rings (SSSR count). The zero-order chi connectivity index (χ0) is 13.0. The second kappa shape index (κ2) is 5.93. The molecule has 2 N–H and O–H groups in total. The van der Waals surface area contributed by atoms with Crippen LogP contribution in [0, 0.1) is 6.92 Å². The van der Waals surface area contributed by atoms with Gasteiger partial charge in [0.1, 0.15) is 6.10 Å². The van der Waals surface area contributed by atoms with Crippen LogP contribution in [0.1, 0.15) is 23.8 Å². The average molecular weight is 249 g/mol. The van der Waals surface area contributed by atoms with Gasteiger partial charge in [0, 0.05) is 32.3 Å². The van der Waals surface area contributed by atoms with Gasteiger partial charge in [0.15, 0.2) is 0 Å². The molecular weight excluding hydrogens is 230 g/mol. The fourth-order valence-corrected chi connectivity index (χ4v) is 2.02. The Morgan fingerprint density at radius 1 is 1.61 bits per heavy atom. The normalized spacial score (nSPS) is 20.8. The van der Waals surface area contributed by atoms with Gasteiger partial charge in [-0.1, -0.05) is 6.07 Å². The molecule has 5 heteroatoms. The summed E-state index contributed by atoms with van der Waals surface area (Å²) in [5.41, 5.74) is 7.25. The lowest BCUT2D eigenvalue weighted by atomic mass is 10.1. The molecule has 1 fully saturated rings. The van der Waals surface area contributed by atoms with E-state index in [1.165, 1.54) is 0 Å². The average Bonchev–Trinajstić information content (AvgIpc) is 2.37. The van der Waals surface area contributed by atoms with E-state index in [9.17, 15) is 4.79 Å². The van der Waals surface area contributed by atoms with Gasteiger partial charge in [-0.3, -0.25) is 14.7 Å². The topological polar surface area (TPSA) is 68.5 Å². The van der Waals surface area contributed by atoms with Crippen molar-refractivity contribution >= 4 is 5.91 Å². The second-order valence-electron chi connectivity index (χ2n) is 4.64. The van der Waals surface area contributed by atoms with Crippen molar-refractivity contribution in [1.29, 1.82) is 0 Å². The minimum atomic E-state index is -0.258. The number of nitrogens with zero attached hydrogens (tertiary/aromatic N) is 2. The number of hydrogen-bond donors (Lipinski definition) is 1. The number of aromatic nitrogens is 1. The van der Waals surface area contributed by atoms with E-state index in [0.29, 0.717) is 19.6 Å². The highest BCUT2D eigenvalue weighted by molar-refractivity contribution is 5.73. The van der Waals surface area contributed by atoms with Crippen molar-refractivity contribution in [2.24, 2.45) is 5.73 Å². The number of morpholine rings is 1. The Morgan fingerprint density at radius 3 is 3.11 bits per heavy atom. The molecule has 0 bridgehead atoms. The molecule has 1 aromatic heterocycles. The smallest absolute Gasteiger partial charge is 0.218 e. The Balaban J connectivity index is 1.93. The third kappa shape index (κ3) is 3.51. The lowest BCUT2D eigenvalue weighted by molar-refractivity contribution is -0.118. The molecule has 0 unspecified atom stereocenters. The number of ether oxygens (including phenoxy) is 1. The Bertz CT molecular complexity index is 405. The van der Waals surface area contributed by atoms with Crippen LogP contribution >= 0.6 is 0 Å². The molecule has 0 spiro atoms. The minimum Gasteiger partial charge on any atom is -0.370 e. The summed E-state index contributed by atoms with van der Waals surface area (Å²) in [6.45, 7) is 4.98. The monoisotopic (exact) mass is 249 g/mol. The number of hydrogen-bond acceptors (Lipinski definition) is 4. The van der Waals surface area contributed by atoms with Gasteiger partial charge >= 0.3 is 0 Å². The SMILES string of the molecule is Cc1ccc([C@H]2CN(CCC(N)=O)CCO2)nc1. The third-order valence-electron chi connectivity index (χ3n) is 3.09. The number of pyridine rings is 1. The molecule has 1 saturated heterocycles. The molecule has 1 aromatic rings. The Hall–Kier alpha value is -1.46. The number of aryl methyl sites for hydroxylation is 1. The predicted molar refractivity (Wildman–Crippen MR) is 67.9 cm³/mol. The van der Waals surface area contributed by atoms with E-state index in [-0.39, 0.29) is 12.0 Å². The van der Waals surface area contributed by atoms with Gasteiger partial charge in [-0.2, -0.15) is 0 Å². The van der Waals surface area contributed by atoms with Crippen LogP contribution in [-0.2, 0) is 9.53 Å². The van der Waals surface area contributed by atoms with Gasteiger partial charge in [0.05, 0.1) is 12.3 Å². The number of carbonyl (C=O) groups is 1. The first-order valence-electron chi connectivity index (χ1n) is 6.20. The van der Waals surface area contributed by atoms with E-state index < -0.39 is 0 Å². The summed E-state index contributed by atoms with van der Waals surface area (Å²) in [5, 5.41) is 0. The molecule has 0 radical (unpaired) electrons. The second-order valence-corrected chi connectivity index (χ2v) is 4.64. The molecule has 0 saturated carbocycles. The van der Waals surface area contributed by atoms with E-state index in [2.05, 4.69) is 9.88 Å². The third-order valence-corrected chi connectivity index (χ3v) is 3.09. The zero-order valence-electron chi connectivity index (χ0n) is 10.6.